The number of nitrogens with zero attached hydrogens (tertiary/aromatic N) is 6. The highest BCUT2D eigenvalue weighted by atomic mass is 19.1. The van der Waals surface area contributed by atoms with Gasteiger partial charge in [0.1, 0.15) is 11.9 Å². The second-order valence-electron chi connectivity index (χ2n) is 16.4. The fraction of sp³-hybridized carbons (Fsp3) is 0.455. The molecule has 292 valence electrons. The third kappa shape index (κ3) is 7.20. The molecule has 56 heavy (non-hydrogen) atoms. The summed E-state index contributed by atoms with van der Waals surface area (Å²) in [5.74, 6) is -0.0802. The number of likely N-dealkylation sites (tertiary alicyclic amines) is 1. The number of aryl methyl sites for hydroxylation is 2. The lowest BCUT2D eigenvalue weighted by atomic mass is 9.86. The molecule has 3 saturated heterocycles. The highest BCUT2D eigenvalue weighted by Crippen LogP contribution is 2.43. The molecule has 2 N–H and O–H groups in total. The molecule has 5 heterocycles. The van der Waals surface area contributed by atoms with Crippen LogP contribution in [0.15, 0.2) is 59.4 Å². The van der Waals surface area contributed by atoms with Gasteiger partial charge in [0, 0.05) is 69.4 Å². The molecular weight excluding hydrogens is 708 g/mol. The third-order valence-electron chi connectivity index (χ3n) is 12.7. The number of benzene rings is 3. The Labute approximate surface area is 327 Å². The minimum absolute atomic E-state index is 0.0165. The average molecular weight is 759 g/mol. The average Bonchev–Trinajstić information content (AvgIpc) is 3.19. The number of imide groups is 1. The standard InChI is InChI=1S/C44H51FN8O3/c1-27-19-34-39(50(4)44(27)56)22-32(23-40(34)53-18-17-49(3)38-8-5-29(25-46)21-41(38)53)31-12-14-51(15-13-31)26-30-11-16-52(28(2)20-30)37-9-6-33(24-35(37)45)47-36-7-10-42(54)48-43(36)55/h5-6,8-9,19,21-24,28,30-31,36,47H,7,10-18,20,26H2,1-4H3,(H,48,54,55)/t28-,30?,36?/m1/s1. The second-order valence-corrected chi connectivity index (χ2v) is 16.4. The fourth-order valence-corrected chi connectivity index (χ4v) is 9.52. The molecule has 4 aliphatic rings. The number of fused-ring (bicyclic) bond motifs is 2. The van der Waals surface area contributed by atoms with E-state index < -0.39 is 6.04 Å². The van der Waals surface area contributed by atoms with Crippen LogP contribution in [0.25, 0.3) is 10.9 Å². The Hall–Kier alpha value is -5.41. The van der Waals surface area contributed by atoms with E-state index in [2.05, 4.69) is 62.4 Å². The van der Waals surface area contributed by atoms with Gasteiger partial charge in [-0.1, -0.05) is 0 Å². The van der Waals surface area contributed by atoms with Crippen LogP contribution in [0.4, 0.5) is 32.8 Å². The first-order valence-electron chi connectivity index (χ1n) is 20.0. The topological polar surface area (TPSA) is 117 Å². The summed E-state index contributed by atoms with van der Waals surface area (Å²) in [6, 6.07) is 19.5. The van der Waals surface area contributed by atoms with Crippen LogP contribution in [-0.2, 0) is 16.6 Å². The second kappa shape index (κ2) is 15.3. The lowest BCUT2D eigenvalue weighted by Crippen LogP contribution is -2.47. The van der Waals surface area contributed by atoms with Crippen LogP contribution in [0.5, 0.6) is 0 Å². The minimum atomic E-state index is -0.554. The molecule has 3 fully saturated rings. The molecule has 0 radical (unpaired) electrons. The van der Waals surface area contributed by atoms with Crippen molar-refractivity contribution in [2.24, 2.45) is 13.0 Å². The highest BCUT2D eigenvalue weighted by Gasteiger charge is 2.32. The van der Waals surface area contributed by atoms with Gasteiger partial charge < -0.3 is 29.5 Å². The van der Waals surface area contributed by atoms with Crippen molar-refractivity contribution in [3.63, 3.8) is 0 Å². The minimum Gasteiger partial charge on any atom is -0.374 e. The number of anilines is 5. The van der Waals surface area contributed by atoms with E-state index in [0.717, 1.165) is 92.9 Å². The molecule has 0 bridgehead atoms. The van der Waals surface area contributed by atoms with Gasteiger partial charge in [0.2, 0.25) is 11.8 Å². The van der Waals surface area contributed by atoms with Gasteiger partial charge in [-0.05, 0) is 131 Å². The number of rotatable bonds is 7. The molecule has 0 saturated carbocycles. The molecule has 2 amide bonds. The van der Waals surface area contributed by atoms with Gasteiger partial charge in [0.25, 0.3) is 5.56 Å². The zero-order chi connectivity index (χ0) is 39.2. The number of nitriles is 1. The van der Waals surface area contributed by atoms with Crippen LogP contribution in [0, 0.1) is 30.0 Å². The number of amides is 2. The Morgan fingerprint density at radius 1 is 0.875 bits per heavy atom. The third-order valence-corrected chi connectivity index (χ3v) is 12.7. The van der Waals surface area contributed by atoms with Crippen molar-refractivity contribution >= 4 is 51.2 Å². The number of hydrogen-bond donors (Lipinski definition) is 2. The number of likely N-dealkylation sites (N-methyl/N-ethyl adjacent to an activating group) is 1. The van der Waals surface area contributed by atoms with Crippen molar-refractivity contribution in [2.75, 3.05) is 66.3 Å². The number of carbonyl (C=O) groups excluding carboxylic acids is 2. The van der Waals surface area contributed by atoms with E-state index >= 15 is 4.39 Å². The highest BCUT2D eigenvalue weighted by molar-refractivity contribution is 6.01. The van der Waals surface area contributed by atoms with Gasteiger partial charge >= 0.3 is 0 Å². The quantitative estimate of drug-likeness (QED) is 0.214. The number of nitrogens with one attached hydrogen (secondary N) is 2. The summed E-state index contributed by atoms with van der Waals surface area (Å²) in [4.78, 5) is 46.2. The maximum Gasteiger partial charge on any atom is 0.253 e. The van der Waals surface area contributed by atoms with E-state index in [1.165, 1.54) is 11.6 Å². The summed E-state index contributed by atoms with van der Waals surface area (Å²) < 4.78 is 17.3. The molecule has 0 spiro atoms. The van der Waals surface area contributed by atoms with E-state index in [4.69, 9.17) is 0 Å². The lowest BCUT2D eigenvalue weighted by Gasteiger charge is -2.42. The molecule has 0 aliphatic carbocycles. The first-order valence-corrected chi connectivity index (χ1v) is 20.0. The summed E-state index contributed by atoms with van der Waals surface area (Å²) in [7, 11) is 3.96. The summed E-state index contributed by atoms with van der Waals surface area (Å²) in [5.41, 5.74) is 7.85. The van der Waals surface area contributed by atoms with E-state index in [1.54, 1.807) is 10.6 Å². The van der Waals surface area contributed by atoms with Gasteiger partial charge in [-0.15, -0.1) is 0 Å². The van der Waals surface area contributed by atoms with E-state index in [0.29, 0.717) is 40.8 Å². The predicted molar refractivity (Wildman–Crippen MR) is 220 cm³/mol. The Morgan fingerprint density at radius 3 is 2.39 bits per heavy atom. The zero-order valence-electron chi connectivity index (χ0n) is 32.8. The monoisotopic (exact) mass is 758 g/mol. The molecule has 8 rings (SSSR count). The van der Waals surface area contributed by atoms with Crippen LogP contribution in [-0.4, -0.2) is 79.7 Å². The number of hydrogen-bond acceptors (Lipinski definition) is 9. The normalized spacial score (nSPS) is 22.2. The predicted octanol–water partition coefficient (Wildman–Crippen LogP) is 6.15. The summed E-state index contributed by atoms with van der Waals surface area (Å²) >= 11 is 0. The zero-order valence-corrected chi connectivity index (χ0v) is 32.8. The van der Waals surface area contributed by atoms with Gasteiger partial charge in [-0.25, -0.2) is 4.39 Å². The number of aromatic nitrogens is 1. The molecule has 11 nitrogen and oxygen atoms in total. The molecular formula is C44H51FN8O3. The van der Waals surface area contributed by atoms with E-state index in [-0.39, 0.29) is 35.7 Å². The van der Waals surface area contributed by atoms with Gasteiger partial charge in [-0.2, -0.15) is 5.26 Å². The molecule has 2 unspecified atom stereocenters. The Morgan fingerprint density at radius 2 is 1.66 bits per heavy atom. The number of pyridine rings is 1. The molecule has 1 aromatic heterocycles. The van der Waals surface area contributed by atoms with Crippen molar-refractivity contribution in [3.8, 4) is 6.07 Å². The first-order chi connectivity index (χ1) is 27.0. The van der Waals surface area contributed by atoms with Crippen molar-refractivity contribution < 1.29 is 14.0 Å². The number of carbonyl (C=O) groups is 2. The number of piperidine rings is 3. The summed E-state index contributed by atoms with van der Waals surface area (Å²) in [6.45, 7) is 9.48. The summed E-state index contributed by atoms with van der Waals surface area (Å²) in [6.07, 6.45) is 4.68. The Bertz CT molecular complexity index is 2290. The van der Waals surface area contributed by atoms with Crippen molar-refractivity contribution in [1.29, 1.82) is 5.26 Å². The van der Waals surface area contributed by atoms with Crippen molar-refractivity contribution in [3.05, 3.63) is 87.5 Å². The molecule has 3 atom stereocenters. The van der Waals surface area contributed by atoms with Gasteiger partial charge in [-0.3, -0.25) is 19.7 Å². The summed E-state index contributed by atoms with van der Waals surface area (Å²) in [5, 5.41) is 16.2. The van der Waals surface area contributed by atoms with E-state index in [1.807, 2.05) is 44.3 Å². The van der Waals surface area contributed by atoms with Crippen molar-refractivity contribution in [1.82, 2.24) is 14.8 Å². The Balaban J connectivity index is 0.938. The van der Waals surface area contributed by atoms with Crippen LogP contribution in [0.2, 0.25) is 0 Å². The fourth-order valence-electron chi connectivity index (χ4n) is 9.52. The smallest absolute Gasteiger partial charge is 0.253 e. The lowest BCUT2D eigenvalue weighted by molar-refractivity contribution is -0.133. The SMILES string of the molecule is Cc1cc2c(N3CCN(C)c4ccc(C#N)cc43)cc(C3CCN(CC4CCN(c5ccc(NC6CCC(=O)NC6=O)cc5F)[C@H](C)C4)CC3)cc2n(C)c1=O. The first kappa shape index (κ1) is 37.5. The molecule has 4 aromatic rings. The van der Waals surface area contributed by atoms with Crippen LogP contribution >= 0.6 is 0 Å². The maximum absolute atomic E-state index is 15.5. The van der Waals surface area contributed by atoms with Crippen LogP contribution in [0.1, 0.15) is 68.1 Å². The van der Waals surface area contributed by atoms with E-state index in [9.17, 15) is 19.6 Å². The largest absolute Gasteiger partial charge is 0.374 e. The molecule has 3 aromatic carbocycles. The van der Waals surface area contributed by atoms with Crippen LogP contribution < -0.4 is 30.9 Å². The molecule has 4 aliphatic heterocycles. The van der Waals surface area contributed by atoms with Gasteiger partial charge in [0.15, 0.2) is 0 Å². The molecule has 12 heteroatoms. The van der Waals surface area contributed by atoms with Gasteiger partial charge in [0.05, 0.1) is 39.9 Å². The number of halogens is 1. The van der Waals surface area contributed by atoms with Crippen molar-refractivity contribution in [2.45, 2.75) is 70.4 Å². The maximum atomic E-state index is 15.5. The Kier molecular flexibility index (Phi) is 10.2. The van der Waals surface area contributed by atoms with Crippen LogP contribution in [0.3, 0.4) is 0 Å².